The maximum atomic E-state index is 4.29. The lowest BCUT2D eigenvalue weighted by Crippen LogP contribution is -1.96. The molecule has 0 fully saturated rings. The van der Waals surface area contributed by atoms with Crippen molar-refractivity contribution in [2.24, 2.45) is 0 Å². The summed E-state index contributed by atoms with van der Waals surface area (Å²) in [6.45, 7) is 0. The van der Waals surface area contributed by atoms with Crippen LogP contribution < -0.4 is 3.87 Å². The average Bonchev–Trinajstić information content (AvgIpc) is 2.27. The van der Waals surface area contributed by atoms with Gasteiger partial charge in [0.15, 0.2) is 0 Å². The monoisotopic (exact) mass is 161 g/mol. The Labute approximate surface area is 71.1 Å². The number of nitrogens with zero attached hydrogens (tertiary/aromatic N) is 1. The normalized spacial score (nSPS) is 10.4. The lowest BCUT2D eigenvalue weighted by Gasteiger charge is -1.80. The molecule has 0 spiro atoms. The molecular weight excluding hydrogens is 157 g/mol. The number of rotatable bonds is 0. The number of thiazole rings is 1. The van der Waals surface area contributed by atoms with Crippen molar-refractivity contribution < 1.29 is 0 Å². The van der Waals surface area contributed by atoms with E-state index in [0.717, 1.165) is 9.39 Å². The summed E-state index contributed by atoms with van der Waals surface area (Å²) in [7, 11) is 0. The lowest BCUT2D eigenvalue weighted by atomic mass is 10.3. The van der Waals surface area contributed by atoms with Gasteiger partial charge in [-0.25, -0.2) is 0 Å². The second kappa shape index (κ2) is 2.35. The molecule has 1 heterocycles. The fraction of sp³-hybridized carbons (Fsp3) is 0. The molecule has 2 aromatic rings. The molecule has 2 rings (SSSR count). The highest BCUT2D eigenvalue weighted by molar-refractivity contribution is 7.25. The van der Waals surface area contributed by atoms with Gasteiger partial charge in [-0.15, -0.1) is 11.3 Å². The van der Waals surface area contributed by atoms with Crippen LogP contribution in [0.15, 0.2) is 24.3 Å². The Morgan fingerprint density at radius 2 is 2.10 bits per heavy atom. The van der Waals surface area contributed by atoms with Gasteiger partial charge in [-0.3, -0.25) is 4.98 Å². The van der Waals surface area contributed by atoms with Crippen LogP contribution in [-0.4, -0.2) is 21.3 Å². The molecule has 0 N–H and O–H groups in total. The van der Waals surface area contributed by atoms with Crippen LogP contribution in [0.25, 0.3) is 10.2 Å². The molecule has 0 amide bonds. The highest BCUT2D eigenvalue weighted by atomic mass is 32.1. The molecule has 10 heavy (non-hydrogen) atoms. The molecule has 0 aliphatic carbocycles. The van der Waals surface area contributed by atoms with E-state index in [1.54, 1.807) is 11.3 Å². The van der Waals surface area contributed by atoms with Crippen molar-refractivity contribution in [1.82, 2.24) is 4.98 Å². The van der Waals surface area contributed by atoms with Crippen LogP contribution in [0, 0.1) is 0 Å². The topological polar surface area (TPSA) is 12.9 Å². The minimum atomic E-state index is 1.06. The second-order valence-electron chi connectivity index (χ2n) is 2.02. The first kappa shape index (κ1) is 6.36. The first-order chi connectivity index (χ1) is 4.86. The summed E-state index contributed by atoms with van der Waals surface area (Å²) in [5.74, 6) is 0. The third-order valence-corrected chi connectivity index (χ3v) is 2.66. The molecule has 0 unspecified atom stereocenters. The van der Waals surface area contributed by atoms with Gasteiger partial charge in [0.2, 0.25) is 16.3 Å². The molecule has 1 aromatic heterocycles. The predicted octanol–water partition coefficient (Wildman–Crippen LogP) is 1.09. The minimum absolute atomic E-state index is 1.06. The Balaban J connectivity index is 2.88. The van der Waals surface area contributed by atoms with Crippen LogP contribution in [0.1, 0.15) is 0 Å². The zero-order chi connectivity index (χ0) is 6.97. The van der Waals surface area contributed by atoms with Crippen molar-refractivity contribution in [3.8, 4) is 0 Å². The van der Waals surface area contributed by atoms with E-state index in [-0.39, 0.29) is 0 Å². The average molecular weight is 161 g/mol. The van der Waals surface area contributed by atoms with Crippen molar-refractivity contribution >= 4 is 41.7 Å². The van der Waals surface area contributed by atoms with E-state index in [2.05, 4.69) is 27.3 Å². The van der Waals surface area contributed by atoms with Crippen LogP contribution >= 0.6 is 11.3 Å². The fourth-order valence-electron chi connectivity index (χ4n) is 0.890. The quantitative estimate of drug-likeness (QED) is 0.527. The fourth-order valence-corrected chi connectivity index (χ4v) is 2.14. The summed E-state index contributed by atoms with van der Waals surface area (Å²) < 4.78 is 2.31. The van der Waals surface area contributed by atoms with Gasteiger partial charge >= 0.3 is 0 Å². The maximum Gasteiger partial charge on any atom is 0.228 e. The Morgan fingerprint density at radius 1 is 1.30 bits per heavy atom. The largest absolute Gasteiger partial charge is 0.263 e. The summed E-state index contributed by atoms with van der Waals surface area (Å²) in [5.41, 5.74) is 1.09. The summed E-state index contributed by atoms with van der Waals surface area (Å²) in [6.07, 6.45) is 0. The molecule has 3 heteroatoms. The van der Waals surface area contributed by atoms with Gasteiger partial charge in [-0.05, 0) is 16.0 Å². The van der Waals surface area contributed by atoms with Crippen molar-refractivity contribution in [3.05, 3.63) is 24.3 Å². The highest BCUT2D eigenvalue weighted by Crippen LogP contribution is 2.13. The summed E-state index contributed by atoms with van der Waals surface area (Å²) in [4.78, 5) is 4.29. The minimum Gasteiger partial charge on any atom is -0.263 e. The molecule has 46 valence electrons. The van der Waals surface area contributed by atoms with E-state index in [1.165, 1.54) is 4.70 Å². The Hall–Kier alpha value is -0.358. The third-order valence-electron chi connectivity index (χ3n) is 1.31. The zero-order valence-electron chi connectivity index (χ0n) is 5.24. The smallest absolute Gasteiger partial charge is 0.228 e. The summed E-state index contributed by atoms with van der Waals surface area (Å²) in [5, 5.41) is 0. The van der Waals surface area contributed by atoms with E-state index in [1.807, 2.05) is 18.2 Å². The molecule has 0 atom stereocenters. The van der Waals surface area contributed by atoms with Crippen LogP contribution in [0.2, 0.25) is 0 Å². The van der Waals surface area contributed by atoms with Crippen molar-refractivity contribution in [3.63, 3.8) is 0 Å². The molecule has 1 nitrogen and oxygen atoms in total. The SMILES string of the molecule is [Al][c]1nc2ccccc2s1. The van der Waals surface area contributed by atoms with E-state index in [4.69, 9.17) is 0 Å². The lowest BCUT2D eigenvalue weighted by molar-refractivity contribution is 1.55. The number of hydrogen-bond acceptors (Lipinski definition) is 2. The van der Waals surface area contributed by atoms with Crippen LogP contribution in [0.4, 0.5) is 0 Å². The molecule has 0 aliphatic rings. The number of para-hydroxylation sites is 1. The molecule has 0 saturated carbocycles. The van der Waals surface area contributed by atoms with E-state index in [0.29, 0.717) is 0 Å². The van der Waals surface area contributed by atoms with Crippen LogP contribution in [-0.2, 0) is 0 Å². The van der Waals surface area contributed by atoms with Crippen LogP contribution in [0.5, 0.6) is 0 Å². The van der Waals surface area contributed by atoms with Gasteiger partial charge in [0.1, 0.15) is 0 Å². The van der Waals surface area contributed by atoms with Crippen molar-refractivity contribution in [2.45, 2.75) is 0 Å². The molecule has 0 aliphatic heterocycles. The third kappa shape index (κ3) is 0.970. The van der Waals surface area contributed by atoms with Gasteiger partial charge in [0.25, 0.3) is 0 Å². The molecule has 0 saturated heterocycles. The highest BCUT2D eigenvalue weighted by Gasteiger charge is 1.94. The standard InChI is InChI=1S/C7H4NS.Al/c1-2-4-7-6(3-1)8-5-9-7;/h1-4H;. The first-order valence-electron chi connectivity index (χ1n) is 2.97. The van der Waals surface area contributed by atoms with E-state index < -0.39 is 0 Å². The number of benzene rings is 1. The summed E-state index contributed by atoms with van der Waals surface area (Å²) in [6, 6.07) is 8.15. The van der Waals surface area contributed by atoms with Crippen LogP contribution in [0.3, 0.4) is 0 Å². The number of hydrogen-bond donors (Lipinski definition) is 0. The molecular formula is C7H4AlNS. The Kier molecular flexibility index (Phi) is 1.50. The van der Waals surface area contributed by atoms with Gasteiger partial charge in [-0.1, -0.05) is 12.1 Å². The molecule has 2 radical (unpaired) electrons. The second-order valence-corrected chi connectivity index (χ2v) is 4.05. The van der Waals surface area contributed by atoms with E-state index in [9.17, 15) is 0 Å². The van der Waals surface area contributed by atoms with E-state index >= 15 is 0 Å². The number of fused-ring (bicyclic) bond motifs is 1. The first-order valence-corrected chi connectivity index (χ1v) is 4.37. The molecule has 1 aromatic carbocycles. The van der Waals surface area contributed by atoms with Gasteiger partial charge in [0.05, 0.1) is 10.2 Å². The Morgan fingerprint density at radius 3 is 2.90 bits per heavy atom. The molecule has 0 bridgehead atoms. The van der Waals surface area contributed by atoms with Gasteiger partial charge in [-0.2, -0.15) is 0 Å². The number of aromatic nitrogens is 1. The van der Waals surface area contributed by atoms with Gasteiger partial charge in [0, 0.05) is 0 Å². The summed E-state index contributed by atoms with van der Waals surface area (Å²) >= 11 is 4.31. The predicted molar refractivity (Wildman–Crippen MR) is 45.0 cm³/mol. The zero-order valence-corrected chi connectivity index (χ0v) is 7.21. The Bertz CT molecular complexity index is 322. The van der Waals surface area contributed by atoms with Gasteiger partial charge < -0.3 is 0 Å². The van der Waals surface area contributed by atoms with Crippen molar-refractivity contribution in [1.29, 1.82) is 0 Å². The van der Waals surface area contributed by atoms with Crippen molar-refractivity contribution in [2.75, 3.05) is 0 Å². The maximum absolute atomic E-state index is 4.29.